The first-order valence-corrected chi connectivity index (χ1v) is 8.54. The van der Waals surface area contributed by atoms with Crippen molar-refractivity contribution in [3.8, 4) is 11.5 Å². The molecule has 3 rings (SSSR count). The molecule has 0 saturated carbocycles. The maximum absolute atomic E-state index is 10.5. The molecule has 0 aliphatic carbocycles. The van der Waals surface area contributed by atoms with Gasteiger partial charge in [-0.25, -0.2) is 0 Å². The zero-order chi connectivity index (χ0) is 18.4. The van der Waals surface area contributed by atoms with Crippen LogP contribution in [-0.2, 0) is 19.6 Å². The number of benzene rings is 1. The molecule has 5 heteroatoms. The van der Waals surface area contributed by atoms with Crippen LogP contribution in [0.1, 0.15) is 22.5 Å². The molecule has 0 unspecified atom stereocenters. The Morgan fingerprint density at radius 3 is 2.04 bits per heavy atom. The number of nitrogens with zero attached hydrogens (tertiary/aromatic N) is 3. The molecular formula is C21H23N3O2. The predicted molar refractivity (Wildman–Crippen MR) is 101 cm³/mol. The van der Waals surface area contributed by atoms with Crippen LogP contribution in [0.4, 0.5) is 0 Å². The van der Waals surface area contributed by atoms with Crippen molar-refractivity contribution in [1.82, 2.24) is 14.9 Å². The van der Waals surface area contributed by atoms with E-state index in [1.54, 1.807) is 19.5 Å². The number of aromatic nitrogens is 2. The number of aromatic hydroxyl groups is 1. The van der Waals surface area contributed by atoms with Crippen LogP contribution in [0.15, 0.2) is 60.9 Å². The standard InChI is InChI=1S/C21H23N3O2/c1-16-11-17(21(25)20(12-16)26-2)13-24(14-18-7-3-5-9-22-18)15-19-8-4-6-10-23-19/h3-12,25H,13-15H2,1-2H3. The Hall–Kier alpha value is -2.92. The average molecular weight is 349 g/mol. The van der Waals surface area contributed by atoms with Crippen molar-refractivity contribution in [3.63, 3.8) is 0 Å². The monoisotopic (exact) mass is 349 g/mol. The van der Waals surface area contributed by atoms with Crippen LogP contribution in [0, 0.1) is 6.92 Å². The Morgan fingerprint density at radius 2 is 1.54 bits per heavy atom. The van der Waals surface area contributed by atoms with Crippen LogP contribution >= 0.6 is 0 Å². The fourth-order valence-electron chi connectivity index (χ4n) is 2.94. The highest BCUT2D eigenvalue weighted by atomic mass is 16.5. The van der Waals surface area contributed by atoms with Crippen molar-refractivity contribution in [2.75, 3.05) is 7.11 Å². The molecule has 0 saturated heterocycles. The number of hydrogen-bond donors (Lipinski definition) is 1. The van der Waals surface area contributed by atoms with Gasteiger partial charge in [-0.05, 0) is 42.8 Å². The number of rotatable bonds is 7. The van der Waals surface area contributed by atoms with E-state index in [2.05, 4.69) is 14.9 Å². The van der Waals surface area contributed by atoms with E-state index in [9.17, 15) is 5.11 Å². The van der Waals surface area contributed by atoms with E-state index in [1.165, 1.54) is 0 Å². The van der Waals surface area contributed by atoms with Gasteiger partial charge in [0.25, 0.3) is 0 Å². The lowest BCUT2D eigenvalue weighted by Gasteiger charge is -2.23. The molecule has 3 aromatic rings. The summed E-state index contributed by atoms with van der Waals surface area (Å²) in [6.45, 7) is 3.88. The van der Waals surface area contributed by atoms with Gasteiger partial charge in [0.1, 0.15) is 0 Å². The van der Waals surface area contributed by atoms with Gasteiger partial charge >= 0.3 is 0 Å². The van der Waals surface area contributed by atoms with Gasteiger partial charge in [0.15, 0.2) is 11.5 Å². The van der Waals surface area contributed by atoms with Crippen molar-refractivity contribution in [2.24, 2.45) is 0 Å². The van der Waals surface area contributed by atoms with Crippen molar-refractivity contribution in [2.45, 2.75) is 26.6 Å². The van der Waals surface area contributed by atoms with Gasteiger partial charge in [0.2, 0.25) is 0 Å². The number of phenolic OH excluding ortho intramolecular Hbond substituents is 1. The van der Waals surface area contributed by atoms with E-state index in [4.69, 9.17) is 4.74 Å². The molecule has 0 fully saturated rings. The lowest BCUT2D eigenvalue weighted by Crippen LogP contribution is -2.23. The molecule has 0 atom stereocenters. The van der Waals surface area contributed by atoms with E-state index in [0.717, 1.165) is 22.5 Å². The van der Waals surface area contributed by atoms with Crippen molar-refractivity contribution in [1.29, 1.82) is 0 Å². The summed E-state index contributed by atoms with van der Waals surface area (Å²) >= 11 is 0. The maximum Gasteiger partial charge on any atom is 0.162 e. The fraction of sp³-hybridized carbons (Fsp3) is 0.238. The largest absolute Gasteiger partial charge is 0.504 e. The molecule has 0 spiro atoms. The minimum atomic E-state index is 0.185. The SMILES string of the molecule is COc1cc(C)cc(CN(Cc2ccccn2)Cc2ccccn2)c1O. The van der Waals surface area contributed by atoms with Gasteiger partial charge in [-0.2, -0.15) is 0 Å². The van der Waals surface area contributed by atoms with E-state index >= 15 is 0 Å². The van der Waals surface area contributed by atoms with Gasteiger partial charge in [-0.3, -0.25) is 14.9 Å². The van der Waals surface area contributed by atoms with Crippen LogP contribution in [0.25, 0.3) is 0 Å². The van der Waals surface area contributed by atoms with Crippen LogP contribution < -0.4 is 4.74 Å². The minimum absolute atomic E-state index is 0.185. The third-order valence-electron chi connectivity index (χ3n) is 4.14. The normalized spacial score (nSPS) is 10.9. The Labute approximate surface area is 153 Å². The second-order valence-corrected chi connectivity index (χ2v) is 6.26. The maximum atomic E-state index is 10.5. The summed E-state index contributed by atoms with van der Waals surface area (Å²) in [7, 11) is 1.57. The van der Waals surface area contributed by atoms with Crippen molar-refractivity contribution in [3.05, 3.63) is 83.4 Å². The first-order chi connectivity index (χ1) is 12.7. The van der Waals surface area contributed by atoms with Crippen LogP contribution in [0.2, 0.25) is 0 Å². The van der Waals surface area contributed by atoms with Crippen LogP contribution in [-0.4, -0.2) is 27.1 Å². The van der Waals surface area contributed by atoms with Gasteiger partial charge in [-0.1, -0.05) is 18.2 Å². The van der Waals surface area contributed by atoms with Gasteiger partial charge in [0, 0.05) is 37.6 Å². The Morgan fingerprint density at radius 1 is 0.923 bits per heavy atom. The van der Waals surface area contributed by atoms with Crippen LogP contribution in [0.5, 0.6) is 11.5 Å². The molecule has 1 N–H and O–H groups in total. The number of pyridine rings is 2. The summed E-state index contributed by atoms with van der Waals surface area (Å²) in [6.07, 6.45) is 3.59. The minimum Gasteiger partial charge on any atom is -0.504 e. The molecule has 0 aliphatic rings. The zero-order valence-corrected chi connectivity index (χ0v) is 15.1. The van der Waals surface area contributed by atoms with Gasteiger partial charge < -0.3 is 9.84 Å². The first kappa shape index (κ1) is 17.9. The molecule has 2 heterocycles. The van der Waals surface area contributed by atoms with Gasteiger partial charge in [-0.15, -0.1) is 0 Å². The second kappa shape index (κ2) is 8.45. The molecule has 134 valence electrons. The third kappa shape index (κ3) is 4.58. The molecule has 0 bridgehead atoms. The molecule has 0 aliphatic heterocycles. The van der Waals surface area contributed by atoms with Crippen molar-refractivity contribution < 1.29 is 9.84 Å². The Balaban J connectivity index is 1.87. The summed E-state index contributed by atoms with van der Waals surface area (Å²) in [6, 6.07) is 15.6. The Bertz CT molecular complexity index is 797. The smallest absolute Gasteiger partial charge is 0.162 e. The zero-order valence-electron chi connectivity index (χ0n) is 15.1. The number of methoxy groups -OCH3 is 1. The second-order valence-electron chi connectivity index (χ2n) is 6.26. The molecule has 26 heavy (non-hydrogen) atoms. The molecule has 1 aromatic carbocycles. The first-order valence-electron chi connectivity index (χ1n) is 8.54. The quantitative estimate of drug-likeness (QED) is 0.705. The van der Waals surface area contributed by atoms with E-state index in [0.29, 0.717) is 25.4 Å². The molecular weight excluding hydrogens is 326 g/mol. The lowest BCUT2D eigenvalue weighted by molar-refractivity contribution is 0.237. The van der Waals surface area contributed by atoms with E-state index in [-0.39, 0.29) is 5.75 Å². The third-order valence-corrected chi connectivity index (χ3v) is 4.14. The Kier molecular flexibility index (Phi) is 5.81. The van der Waals surface area contributed by atoms with Gasteiger partial charge in [0.05, 0.1) is 18.5 Å². The number of ether oxygens (including phenoxy) is 1. The average Bonchev–Trinajstić information content (AvgIpc) is 2.66. The number of hydrogen-bond acceptors (Lipinski definition) is 5. The van der Waals surface area contributed by atoms with Crippen molar-refractivity contribution >= 4 is 0 Å². The molecule has 2 aromatic heterocycles. The van der Waals surface area contributed by atoms with Crippen LogP contribution in [0.3, 0.4) is 0 Å². The lowest BCUT2D eigenvalue weighted by atomic mass is 10.1. The highest BCUT2D eigenvalue weighted by Crippen LogP contribution is 2.32. The fourth-order valence-corrected chi connectivity index (χ4v) is 2.94. The summed E-state index contributed by atoms with van der Waals surface area (Å²) in [5, 5.41) is 10.5. The predicted octanol–water partition coefficient (Wildman–Crippen LogP) is 3.70. The number of aryl methyl sites for hydroxylation is 1. The summed E-state index contributed by atoms with van der Waals surface area (Å²) < 4.78 is 5.29. The summed E-state index contributed by atoms with van der Waals surface area (Å²) in [5.74, 6) is 0.681. The summed E-state index contributed by atoms with van der Waals surface area (Å²) in [5.41, 5.74) is 3.82. The molecule has 0 amide bonds. The summed E-state index contributed by atoms with van der Waals surface area (Å²) in [4.78, 5) is 11.1. The highest BCUT2D eigenvalue weighted by Gasteiger charge is 2.15. The molecule has 5 nitrogen and oxygen atoms in total. The van der Waals surface area contributed by atoms with E-state index in [1.807, 2.05) is 55.5 Å². The number of phenols is 1. The van der Waals surface area contributed by atoms with E-state index < -0.39 is 0 Å². The molecule has 0 radical (unpaired) electrons. The topological polar surface area (TPSA) is 58.5 Å². The highest BCUT2D eigenvalue weighted by molar-refractivity contribution is 5.48.